The van der Waals surface area contributed by atoms with Crippen LogP contribution >= 0.6 is 0 Å². The molecule has 2 fully saturated rings. The molecule has 92 valence electrons. The second-order valence-corrected chi connectivity index (χ2v) is 5.39. The van der Waals surface area contributed by atoms with Gasteiger partial charge >= 0.3 is 0 Å². The molecule has 0 radical (unpaired) electrons. The first-order valence-corrected chi connectivity index (χ1v) is 6.78. The van der Waals surface area contributed by atoms with Crippen LogP contribution in [0.2, 0.25) is 0 Å². The molecule has 0 aromatic carbocycles. The lowest BCUT2D eigenvalue weighted by Gasteiger charge is -2.16. The average molecular weight is 224 g/mol. The van der Waals surface area contributed by atoms with Gasteiger partial charge in [0.2, 0.25) is 5.91 Å². The summed E-state index contributed by atoms with van der Waals surface area (Å²) in [4.78, 5) is 11.9. The molecule has 3 atom stereocenters. The van der Waals surface area contributed by atoms with E-state index < -0.39 is 0 Å². The summed E-state index contributed by atoms with van der Waals surface area (Å²) in [6, 6.07) is 0.640. The minimum Gasteiger partial charge on any atom is -0.356 e. The minimum atomic E-state index is 0.288. The summed E-state index contributed by atoms with van der Waals surface area (Å²) in [5, 5.41) is 6.56. The van der Waals surface area contributed by atoms with E-state index in [4.69, 9.17) is 0 Å². The maximum absolute atomic E-state index is 11.9. The van der Waals surface area contributed by atoms with Gasteiger partial charge in [-0.1, -0.05) is 13.3 Å². The van der Waals surface area contributed by atoms with Gasteiger partial charge in [0, 0.05) is 18.5 Å². The molecule has 2 N–H and O–H groups in total. The highest BCUT2D eigenvalue weighted by molar-refractivity contribution is 5.79. The molecule has 2 rings (SSSR count). The largest absolute Gasteiger partial charge is 0.356 e. The van der Waals surface area contributed by atoms with Crippen molar-refractivity contribution >= 4 is 5.91 Å². The molecule has 1 aliphatic heterocycles. The van der Waals surface area contributed by atoms with Gasteiger partial charge in [-0.05, 0) is 44.6 Å². The minimum absolute atomic E-state index is 0.288. The van der Waals surface area contributed by atoms with E-state index in [1.807, 2.05) is 0 Å². The van der Waals surface area contributed by atoms with Gasteiger partial charge in [0.25, 0.3) is 0 Å². The van der Waals surface area contributed by atoms with Crippen molar-refractivity contribution in [3.05, 3.63) is 0 Å². The monoisotopic (exact) mass is 224 g/mol. The van der Waals surface area contributed by atoms with Gasteiger partial charge in [0.05, 0.1) is 0 Å². The van der Waals surface area contributed by atoms with E-state index in [1.54, 1.807) is 0 Å². The summed E-state index contributed by atoms with van der Waals surface area (Å²) < 4.78 is 0. The molecule has 0 aromatic rings. The summed E-state index contributed by atoms with van der Waals surface area (Å²) in [5.41, 5.74) is 0. The van der Waals surface area contributed by atoms with Crippen molar-refractivity contribution < 1.29 is 4.79 Å². The Morgan fingerprint density at radius 3 is 2.81 bits per heavy atom. The van der Waals surface area contributed by atoms with E-state index in [0.29, 0.717) is 17.9 Å². The van der Waals surface area contributed by atoms with Crippen LogP contribution in [0.1, 0.15) is 45.4 Å². The fraction of sp³-hybridized carbons (Fsp3) is 0.923. The smallest absolute Gasteiger partial charge is 0.223 e. The van der Waals surface area contributed by atoms with Crippen LogP contribution in [0.5, 0.6) is 0 Å². The Labute approximate surface area is 98.4 Å². The van der Waals surface area contributed by atoms with Crippen molar-refractivity contribution in [2.24, 2.45) is 11.8 Å². The number of carbonyl (C=O) groups excluding carboxylic acids is 1. The first-order valence-electron chi connectivity index (χ1n) is 6.78. The Balaban J connectivity index is 1.63. The first-order chi connectivity index (χ1) is 7.77. The van der Waals surface area contributed by atoms with Crippen molar-refractivity contribution in [2.45, 2.75) is 51.5 Å². The topological polar surface area (TPSA) is 41.1 Å². The second-order valence-electron chi connectivity index (χ2n) is 5.39. The summed E-state index contributed by atoms with van der Waals surface area (Å²) in [7, 11) is 0. The third-order valence-corrected chi connectivity index (χ3v) is 4.15. The van der Waals surface area contributed by atoms with Gasteiger partial charge in [-0.3, -0.25) is 4.79 Å². The van der Waals surface area contributed by atoms with Crippen molar-refractivity contribution in [1.29, 1.82) is 0 Å². The van der Waals surface area contributed by atoms with Crippen LogP contribution in [-0.4, -0.2) is 25.0 Å². The van der Waals surface area contributed by atoms with Crippen LogP contribution in [0.25, 0.3) is 0 Å². The van der Waals surface area contributed by atoms with Crippen LogP contribution in [0.15, 0.2) is 0 Å². The fourth-order valence-electron chi connectivity index (χ4n) is 3.04. The Hall–Kier alpha value is -0.570. The Kier molecular flexibility index (Phi) is 4.22. The molecular formula is C13H24N2O. The normalized spacial score (nSPS) is 34.2. The van der Waals surface area contributed by atoms with Gasteiger partial charge in [0.15, 0.2) is 0 Å². The van der Waals surface area contributed by atoms with Crippen LogP contribution in [0.3, 0.4) is 0 Å². The number of amides is 1. The summed E-state index contributed by atoms with van der Waals surface area (Å²) in [5.74, 6) is 1.17. The second kappa shape index (κ2) is 5.67. The molecule has 2 unspecified atom stereocenters. The molecular weight excluding hydrogens is 200 g/mol. The SMILES string of the molecule is CC1CCCC1C(=O)NCC[C@H]1CCCN1. The molecule has 2 aliphatic rings. The third-order valence-electron chi connectivity index (χ3n) is 4.15. The van der Waals surface area contributed by atoms with E-state index >= 15 is 0 Å². The van der Waals surface area contributed by atoms with Gasteiger partial charge in [0.1, 0.15) is 0 Å². The molecule has 3 heteroatoms. The van der Waals surface area contributed by atoms with E-state index in [1.165, 1.54) is 25.7 Å². The predicted octanol–water partition coefficient (Wildman–Crippen LogP) is 1.68. The molecule has 1 amide bonds. The van der Waals surface area contributed by atoms with Crippen LogP contribution in [0, 0.1) is 11.8 Å². The lowest BCUT2D eigenvalue weighted by atomic mass is 9.97. The van der Waals surface area contributed by atoms with Crippen molar-refractivity contribution in [2.75, 3.05) is 13.1 Å². The molecule has 1 heterocycles. The summed E-state index contributed by atoms with van der Waals surface area (Å²) >= 11 is 0. The highest BCUT2D eigenvalue weighted by Gasteiger charge is 2.29. The molecule has 1 saturated carbocycles. The molecule has 0 spiro atoms. The van der Waals surface area contributed by atoms with Gasteiger partial charge in [-0.2, -0.15) is 0 Å². The Morgan fingerprint density at radius 1 is 1.31 bits per heavy atom. The molecule has 0 bridgehead atoms. The summed E-state index contributed by atoms with van der Waals surface area (Å²) in [6.45, 7) is 4.20. The Morgan fingerprint density at radius 2 is 2.19 bits per heavy atom. The number of nitrogens with one attached hydrogen (secondary N) is 2. The molecule has 0 aromatic heterocycles. The highest BCUT2D eigenvalue weighted by Crippen LogP contribution is 2.31. The highest BCUT2D eigenvalue weighted by atomic mass is 16.1. The Bertz CT molecular complexity index is 236. The van der Waals surface area contributed by atoms with E-state index in [2.05, 4.69) is 17.6 Å². The van der Waals surface area contributed by atoms with Crippen LogP contribution in [0.4, 0.5) is 0 Å². The van der Waals surface area contributed by atoms with Crippen molar-refractivity contribution in [1.82, 2.24) is 10.6 Å². The molecule has 3 nitrogen and oxygen atoms in total. The molecule has 16 heavy (non-hydrogen) atoms. The van der Waals surface area contributed by atoms with Crippen LogP contribution < -0.4 is 10.6 Å². The van der Waals surface area contributed by atoms with Gasteiger partial charge in [-0.25, -0.2) is 0 Å². The van der Waals surface area contributed by atoms with Crippen LogP contribution in [-0.2, 0) is 4.79 Å². The average Bonchev–Trinajstić information content (AvgIpc) is 2.88. The van der Waals surface area contributed by atoms with Crippen molar-refractivity contribution in [3.63, 3.8) is 0 Å². The molecule has 1 aliphatic carbocycles. The third kappa shape index (κ3) is 2.97. The standard InChI is InChI=1S/C13H24N2O/c1-10-4-2-6-12(10)13(16)15-9-7-11-5-3-8-14-11/h10-12,14H,2-9H2,1H3,(H,15,16)/t10?,11-,12?/m1/s1. The maximum Gasteiger partial charge on any atom is 0.223 e. The summed E-state index contributed by atoms with van der Waals surface area (Å²) in [6.07, 6.45) is 7.20. The predicted molar refractivity (Wildman–Crippen MR) is 65.2 cm³/mol. The van der Waals surface area contributed by atoms with E-state index in [9.17, 15) is 4.79 Å². The van der Waals surface area contributed by atoms with Crippen molar-refractivity contribution in [3.8, 4) is 0 Å². The quantitative estimate of drug-likeness (QED) is 0.763. The maximum atomic E-state index is 11.9. The van der Waals surface area contributed by atoms with Gasteiger partial charge < -0.3 is 10.6 Å². The van der Waals surface area contributed by atoms with Gasteiger partial charge in [-0.15, -0.1) is 0 Å². The number of hydrogen-bond donors (Lipinski definition) is 2. The van der Waals surface area contributed by atoms with E-state index in [-0.39, 0.29) is 5.92 Å². The van der Waals surface area contributed by atoms with E-state index in [0.717, 1.165) is 25.9 Å². The zero-order chi connectivity index (χ0) is 11.4. The molecule has 1 saturated heterocycles. The lowest BCUT2D eigenvalue weighted by Crippen LogP contribution is -2.35. The zero-order valence-electron chi connectivity index (χ0n) is 10.3. The fourth-order valence-corrected chi connectivity index (χ4v) is 3.04. The lowest BCUT2D eigenvalue weighted by molar-refractivity contribution is -0.125. The zero-order valence-corrected chi connectivity index (χ0v) is 10.3. The number of carbonyl (C=O) groups is 1. The number of rotatable bonds is 4. The first kappa shape index (κ1) is 11.9. The number of hydrogen-bond acceptors (Lipinski definition) is 2.